The lowest BCUT2D eigenvalue weighted by Crippen LogP contribution is -2.23. The summed E-state index contributed by atoms with van der Waals surface area (Å²) in [6.07, 6.45) is 1.63. The lowest BCUT2D eigenvalue weighted by molar-refractivity contribution is 0.179. The van der Waals surface area contributed by atoms with Crippen molar-refractivity contribution in [2.45, 2.75) is 20.0 Å². The topological polar surface area (TPSA) is 34.4 Å². The van der Waals surface area contributed by atoms with Gasteiger partial charge < -0.3 is 14.5 Å². The zero-order chi connectivity index (χ0) is 11.8. The van der Waals surface area contributed by atoms with Gasteiger partial charge in [-0.15, -0.1) is 0 Å². The predicted octanol–water partition coefficient (Wildman–Crippen LogP) is 3.44. The molecule has 2 heterocycles. The summed E-state index contributed by atoms with van der Waals surface area (Å²) in [4.78, 5) is 0. The second-order valence-electron chi connectivity index (χ2n) is 4.46. The Labute approximate surface area is 100 Å². The van der Waals surface area contributed by atoms with Crippen molar-refractivity contribution in [1.82, 2.24) is 0 Å². The fourth-order valence-electron chi connectivity index (χ4n) is 2.26. The molecule has 3 rings (SSSR count). The molecule has 3 nitrogen and oxygen atoms in total. The van der Waals surface area contributed by atoms with Crippen LogP contribution >= 0.6 is 0 Å². The van der Waals surface area contributed by atoms with Gasteiger partial charge in [-0.1, -0.05) is 6.07 Å². The van der Waals surface area contributed by atoms with E-state index in [0.29, 0.717) is 0 Å². The minimum atomic E-state index is -0.0427. The summed E-state index contributed by atoms with van der Waals surface area (Å²) in [5.41, 5.74) is 3.47. The van der Waals surface area contributed by atoms with Crippen molar-refractivity contribution < 1.29 is 9.15 Å². The van der Waals surface area contributed by atoms with E-state index in [4.69, 9.17) is 9.15 Å². The minimum Gasteiger partial charge on any atom is -0.478 e. The molecule has 0 fully saturated rings. The summed E-state index contributed by atoms with van der Waals surface area (Å²) in [5, 5.41) is 3.40. The van der Waals surface area contributed by atoms with Crippen LogP contribution in [0.1, 0.15) is 23.0 Å². The van der Waals surface area contributed by atoms with Crippen molar-refractivity contribution in [1.29, 1.82) is 0 Å². The third-order valence-corrected chi connectivity index (χ3v) is 3.02. The smallest absolute Gasteiger partial charge is 0.173 e. The largest absolute Gasteiger partial charge is 0.478 e. The summed E-state index contributed by atoms with van der Waals surface area (Å²) in [5.74, 6) is 1.80. The Morgan fingerprint density at radius 2 is 2.18 bits per heavy atom. The molecular formula is C14H15NO2. The Balaban J connectivity index is 1.95. The molecule has 0 aliphatic carbocycles. The van der Waals surface area contributed by atoms with Crippen molar-refractivity contribution in [2.24, 2.45) is 0 Å². The van der Waals surface area contributed by atoms with Crippen LogP contribution in [0.3, 0.4) is 0 Å². The van der Waals surface area contributed by atoms with Gasteiger partial charge in [0.2, 0.25) is 0 Å². The lowest BCUT2D eigenvalue weighted by Gasteiger charge is -2.27. The van der Waals surface area contributed by atoms with Gasteiger partial charge in [0.05, 0.1) is 18.5 Å². The zero-order valence-corrected chi connectivity index (χ0v) is 9.99. The molecule has 1 aromatic carbocycles. The molecule has 1 aromatic heterocycles. The Morgan fingerprint density at radius 1 is 1.29 bits per heavy atom. The molecular weight excluding hydrogens is 214 g/mol. The predicted molar refractivity (Wildman–Crippen MR) is 66.5 cm³/mol. The van der Waals surface area contributed by atoms with Crippen molar-refractivity contribution in [3.05, 3.63) is 47.4 Å². The van der Waals surface area contributed by atoms with Crippen LogP contribution in [-0.4, -0.2) is 6.54 Å². The molecule has 1 atom stereocenters. The summed E-state index contributed by atoms with van der Waals surface area (Å²) in [7, 11) is 0. The third-order valence-electron chi connectivity index (χ3n) is 3.02. The molecule has 88 valence electrons. The molecule has 1 N–H and O–H groups in total. The normalized spacial score (nSPS) is 18.1. The van der Waals surface area contributed by atoms with Crippen molar-refractivity contribution >= 4 is 5.69 Å². The average molecular weight is 229 g/mol. The van der Waals surface area contributed by atoms with E-state index in [1.54, 1.807) is 6.26 Å². The molecule has 1 aliphatic heterocycles. The van der Waals surface area contributed by atoms with Gasteiger partial charge in [0, 0.05) is 0 Å². The molecule has 2 aromatic rings. The molecule has 0 amide bonds. The third kappa shape index (κ3) is 1.78. The van der Waals surface area contributed by atoms with Gasteiger partial charge in [-0.2, -0.15) is 0 Å². The van der Waals surface area contributed by atoms with Crippen molar-refractivity contribution in [3.63, 3.8) is 0 Å². The first-order valence-corrected chi connectivity index (χ1v) is 5.79. The lowest BCUT2D eigenvalue weighted by atomic mass is 10.1. The van der Waals surface area contributed by atoms with Crippen LogP contribution in [-0.2, 0) is 0 Å². The van der Waals surface area contributed by atoms with E-state index in [1.807, 2.05) is 12.1 Å². The van der Waals surface area contributed by atoms with E-state index in [2.05, 4.69) is 31.3 Å². The number of aryl methyl sites for hydroxylation is 2. The van der Waals surface area contributed by atoms with Gasteiger partial charge in [0.1, 0.15) is 11.5 Å². The Hall–Kier alpha value is -1.90. The summed E-state index contributed by atoms with van der Waals surface area (Å²) < 4.78 is 11.4. The van der Waals surface area contributed by atoms with Gasteiger partial charge in [-0.25, -0.2) is 0 Å². The van der Waals surface area contributed by atoms with E-state index < -0.39 is 0 Å². The standard InChI is InChI=1S/C14H15NO2/c1-9-6-10(2)14-11(7-9)15-8-13(17-14)12-4-3-5-16-12/h3-7,13,15H,8H2,1-2H3. The molecule has 0 saturated heterocycles. The van der Waals surface area contributed by atoms with E-state index in [0.717, 1.165) is 29.3 Å². The monoisotopic (exact) mass is 229 g/mol. The molecule has 3 heteroatoms. The maximum Gasteiger partial charge on any atom is 0.173 e. The Kier molecular flexibility index (Phi) is 2.32. The Morgan fingerprint density at radius 3 is 2.94 bits per heavy atom. The number of ether oxygens (including phenoxy) is 1. The molecule has 1 aliphatic rings. The highest BCUT2D eigenvalue weighted by atomic mass is 16.5. The fourth-order valence-corrected chi connectivity index (χ4v) is 2.26. The van der Waals surface area contributed by atoms with Gasteiger partial charge in [0.15, 0.2) is 6.10 Å². The van der Waals surface area contributed by atoms with E-state index in [9.17, 15) is 0 Å². The van der Waals surface area contributed by atoms with Crippen LogP contribution in [0.5, 0.6) is 5.75 Å². The first-order valence-electron chi connectivity index (χ1n) is 5.79. The van der Waals surface area contributed by atoms with Crippen LogP contribution in [0.2, 0.25) is 0 Å². The highest BCUT2D eigenvalue weighted by Gasteiger charge is 2.24. The first kappa shape index (κ1) is 10.3. The van der Waals surface area contributed by atoms with Crippen molar-refractivity contribution in [3.8, 4) is 5.75 Å². The van der Waals surface area contributed by atoms with Crippen molar-refractivity contribution in [2.75, 3.05) is 11.9 Å². The number of fused-ring (bicyclic) bond motifs is 1. The highest BCUT2D eigenvalue weighted by molar-refractivity contribution is 5.63. The molecule has 0 spiro atoms. The second-order valence-corrected chi connectivity index (χ2v) is 4.46. The van der Waals surface area contributed by atoms with Gasteiger partial charge in [-0.05, 0) is 43.2 Å². The second kappa shape index (κ2) is 3.84. The number of nitrogens with one attached hydrogen (secondary N) is 1. The number of anilines is 1. The van der Waals surface area contributed by atoms with Crippen LogP contribution in [0, 0.1) is 13.8 Å². The maximum atomic E-state index is 6.01. The zero-order valence-electron chi connectivity index (χ0n) is 9.99. The van der Waals surface area contributed by atoms with Crippen LogP contribution < -0.4 is 10.1 Å². The maximum absolute atomic E-state index is 6.01. The quantitative estimate of drug-likeness (QED) is 0.813. The summed E-state index contributed by atoms with van der Waals surface area (Å²) in [6, 6.07) is 8.07. The van der Waals surface area contributed by atoms with Crippen LogP contribution in [0.25, 0.3) is 0 Å². The summed E-state index contributed by atoms with van der Waals surface area (Å²) >= 11 is 0. The fraction of sp³-hybridized carbons (Fsp3) is 0.286. The van der Waals surface area contributed by atoms with Gasteiger partial charge >= 0.3 is 0 Å². The number of benzene rings is 1. The van der Waals surface area contributed by atoms with E-state index in [-0.39, 0.29) is 6.10 Å². The van der Waals surface area contributed by atoms with Gasteiger partial charge in [-0.3, -0.25) is 0 Å². The molecule has 17 heavy (non-hydrogen) atoms. The van der Waals surface area contributed by atoms with Crippen LogP contribution in [0.4, 0.5) is 5.69 Å². The molecule has 0 bridgehead atoms. The molecule has 0 radical (unpaired) electrons. The van der Waals surface area contributed by atoms with E-state index in [1.165, 1.54) is 5.56 Å². The number of hydrogen-bond donors (Lipinski definition) is 1. The summed E-state index contributed by atoms with van der Waals surface area (Å²) in [6.45, 7) is 4.90. The molecule has 1 unspecified atom stereocenters. The Bertz CT molecular complexity index is 531. The number of rotatable bonds is 1. The highest BCUT2D eigenvalue weighted by Crippen LogP contribution is 2.37. The number of hydrogen-bond acceptors (Lipinski definition) is 3. The van der Waals surface area contributed by atoms with Crippen LogP contribution in [0.15, 0.2) is 34.9 Å². The SMILES string of the molecule is Cc1cc(C)c2c(c1)NCC(c1ccco1)O2. The average Bonchev–Trinajstić information content (AvgIpc) is 2.82. The first-order chi connectivity index (χ1) is 8.24. The molecule has 0 saturated carbocycles. The van der Waals surface area contributed by atoms with E-state index >= 15 is 0 Å². The number of furan rings is 1. The minimum absolute atomic E-state index is 0.0427. The van der Waals surface area contributed by atoms with Gasteiger partial charge in [0.25, 0.3) is 0 Å².